The van der Waals surface area contributed by atoms with E-state index in [0.717, 1.165) is 5.70 Å². The molecule has 4 heteroatoms. The summed E-state index contributed by atoms with van der Waals surface area (Å²) < 4.78 is 5.58. The van der Waals surface area contributed by atoms with Crippen LogP contribution in [-0.4, -0.2) is 18.2 Å². The molecule has 0 fully saturated rings. The van der Waals surface area contributed by atoms with Crippen LogP contribution in [0, 0.1) is 0 Å². The minimum atomic E-state index is -0.131. The normalized spacial score (nSPS) is 19.2. The molecule has 1 N–H and O–H groups in total. The fourth-order valence-corrected chi connectivity index (χ4v) is 2.36. The van der Waals surface area contributed by atoms with E-state index in [9.17, 15) is 0 Å². The molecule has 1 aromatic heterocycles. The molecule has 0 bridgehead atoms. The van der Waals surface area contributed by atoms with Crippen molar-refractivity contribution >= 4 is 23.1 Å². The zero-order valence-corrected chi connectivity index (χ0v) is 11.5. The van der Waals surface area contributed by atoms with Gasteiger partial charge in [0.05, 0.1) is 16.1 Å². The molecule has 0 unspecified atom stereocenters. The fraction of sp³-hybridized carbons (Fsp3) is 0.462. The first-order valence-electron chi connectivity index (χ1n) is 5.69. The van der Waals surface area contributed by atoms with Crippen LogP contribution in [0.3, 0.4) is 0 Å². The van der Waals surface area contributed by atoms with Crippen LogP contribution < -0.4 is 5.32 Å². The Labute approximate surface area is 106 Å². The largest absolute Gasteiger partial charge is 0.460 e. The Kier molecular flexibility index (Phi) is 3.24. The van der Waals surface area contributed by atoms with E-state index < -0.39 is 0 Å². The van der Waals surface area contributed by atoms with Crippen LogP contribution in [-0.2, 0) is 4.74 Å². The highest BCUT2D eigenvalue weighted by atomic mass is 32.1. The van der Waals surface area contributed by atoms with E-state index in [4.69, 9.17) is 4.74 Å². The van der Waals surface area contributed by atoms with E-state index in [-0.39, 0.29) is 5.54 Å². The van der Waals surface area contributed by atoms with Crippen molar-refractivity contribution in [2.45, 2.75) is 33.2 Å². The lowest BCUT2D eigenvalue weighted by atomic mass is 10.1. The number of nitrogens with one attached hydrogen (secondary N) is 1. The molecular weight excluding hydrogens is 232 g/mol. The highest BCUT2D eigenvalue weighted by Gasteiger charge is 2.19. The van der Waals surface area contributed by atoms with Gasteiger partial charge in [0.15, 0.2) is 0 Å². The number of ether oxygens (including phenoxy) is 1. The molecule has 2 heterocycles. The zero-order valence-electron chi connectivity index (χ0n) is 10.7. The Morgan fingerprint density at radius 3 is 2.76 bits per heavy atom. The lowest BCUT2D eigenvalue weighted by molar-refractivity contribution is 0.311. The third-order valence-electron chi connectivity index (χ3n) is 2.29. The summed E-state index contributed by atoms with van der Waals surface area (Å²) in [7, 11) is 0. The smallest absolute Gasteiger partial charge is 0.290 e. The minimum Gasteiger partial charge on any atom is -0.460 e. The van der Waals surface area contributed by atoms with E-state index in [1.807, 2.05) is 0 Å². The van der Waals surface area contributed by atoms with Crippen molar-refractivity contribution in [2.75, 3.05) is 6.61 Å². The summed E-state index contributed by atoms with van der Waals surface area (Å²) in [6.45, 7) is 8.86. The molecule has 0 radical (unpaired) electrons. The fourth-order valence-electron chi connectivity index (χ4n) is 1.56. The molecule has 0 amide bonds. The van der Waals surface area contributed by atoms with Crippen molar-refractivity contribution < 1.29 is 4.74 Å². The van der Waals surface area contributed by atoms with Crippen LogP contribution in [0.1, 0.15) is 32.6 Å². The van der Waals surface area contributed by atoms with Crippen molar-refractivity contribution in [1.82, 2.24) is 5.32 Å². The summed E-state index contributed by atoms with van der Waals surface area (Å²) >= 11 is 1.72. The van der Waals surface area contributed by atoms with Gasteiger partial charge in [0.25, 0.3) is 6.02 Å². The van der Waals surface area contributed by atoms with Crippen LogP contribution >= 0.6 is 11.3 Å². The molecule has 2 rings (SSSR count). The molecule has 0 aromatic carbocycles. The predicted molar refractivity (Wildman–Crippen MR) is 73.2 cm³/mol. The quantitative estimate of drug-likeness (QED) is 0.830. The number of thiophene rings is 1. The number of hydrogen-bond donors (Lipinski definition) is 1. The molecule has 1 aliphatic rings. The van der Waals surface area contributed by atoms with Gasteiger partial charge < -0.3 is 10.1 Å². The first-order chi connectivity index (χ1) is 7.96. The average molecular weight is 250 g/mol. The van der Waals surface area contributed by atoms with Crippen molar-refractivity contribution in [1.29, 1.82) is 0 Å². The van der Waals surface area contributed by atoms with Crippen LogP contribution in [0.2, 0.25) is 0 Å². The molecule has 17 heavy (non-hydrogen) atoms. The summed E-state index contributed by atoms with van der Waals surface area (Å²) in [5.74, 6) is 0. The molecule has 1 aromatic rings. The van der Waals surface area contributed by atoms with E-state index in [0.29, 0.717) is 12.6 Å². The molecule has 3 nitrogen and oxygen atoms in total. The molecule has 92 valence electrons. The summed E-state index contributed by atoms with van der Waals surface area (Å²) in [4.78, 5) is 5.75. The lowest BCUT2D eigenvalue weighted by Gasteiger charge is -2.24. The maximum Gasteiger partial charge on any atom is 0.290 e. The van der Waals surface area contributed by atoms with Crippen LogP contribution in [0.4, 0.5) is 0 Å². The van der Waals surface area contributed by atoms with E-state index in [1.54, 1.807) is 11.3 Å². The summed E-state index contributed by atoms with van der Waals surface area (Å²) in [5.41, 5.74) is 2.21. The maximum atomic E-state index is 5.58. The highest BCUT2D eigenvalue weighted by Crippen LogP contribution is 2.24. The van der Waals surface area contributed by atoms with E-state index >= 15 is 0 Å². The number of aliphatic imine (C=N–C) groups is 1. The topological polar surface area (TPSA) is 33.6 Å². The summed E-state index contributed by atoms with van der Waals surface area (Å²) in [6, 6.07) is 4.78. The van der Waals surface area contributed by atoms with Gasteiger partial charge in [-0.25, -0.2) is 4.99 Å². The second-order valence-corrected chi connectivity index (χ2v) is 6.08. The summed E-state index contributed by atoms with van der Waals surface area (Å²) in [5, 5.41) is 5.36. The third-order valence-corrected chi connectivity index (χ3v) is 3.18. The summed E-state index contributed by atoms with van der Waals surface area (Å²) in [6.07, 6.45) is 0. The van der Waals surface area contributed by atoms with Gasteiger partial charge in [-0.15, -0.1) is 11.3 Å². The van der Waals surface area contributed by atoms with Gasteiger partial charge in [-0.2, -0.15) is 0 Å². The second-order valence-electron chi connectivity index (χ2n) is 5.13. The van der Waals surface area contributed by atoms with Gasteiger partial charge in [0.1, 0.15) is 6.61 Å². The van der Waals surface area contributed by atoms with Gasteiger partial charge in [-0.1, -0.05) is 6.07 Å². The van der Waals surface area contributed by atoms with E-state index in [1.165, 1.54) is 10.5 Å². The standard InChI is InChI=1S/C13H18N2OS/c1-9-8-16-12(15-13(2,3)4)14-11(9)10-6-5-7-17-10/h5-7H,8H2,1-4H3,(H,14,15). The molecule has 0 atom stereocenters. The predicted octanol–water partition coefficient (Wildman–Crippen LogP) is 3.25. The van der Waals surface area contributed by atoms with Crippen LogP contribution in [0.15, 0.2) is 28.1 Å². The molecule has 0 aliphatic carbocycles. The number of nitrogens with zero attached hydrogens (tertiary/aromatic N) is 1. The average Bonchev–Trinajstić information content (AvgIpc) is 2.72. The Morgan fingerprint density at radius 1 is 1.41 bits per heavy atom. The molecule has 0 spiro atoms. The zero-order chi connectivity index (χ0) is 12.5. The van der Waals surface area contributed by atoms with Gasteiger partial charge in [-0.3, -0.25) is 0 Å². The van der Waals surface area contributed by atoms with Crippen molar-refractivity contribution in [3.05, 3.63) is 28.0 Å². The minimum absolute atomic E-state index is 0.131. The number of amidine groups is 1. The Morgan fingerprint density at radius 2 is 2.18 bits per heavy atom. The highest BCUT2D eigenvalue weighted by molar-refractivity contribution is 7.11. The molecule has 0 saturated carbocycles. The molecule has 1 aliphatic heterocycles. The van der Waals surface area contributed by atoms with Gasteiger partial charge >= 0.3 is 0 Å². The van der Waals surface area contributed by atoms with Crippen LogP contribution in [0.25, 0.3) is 5.70 Å². The van der Waals surface area contributed by atoms with Crippen molar-refractivity contribution in [3.63, 3.8) is 0 Å². The first kappa shape index (κ1) is 12.2. The Balaban J connectivity index is 2.26. The number of rotatable bonds is 1. The second kappa shape index (κ2) is 4.53. The SMILES string of the molecule is CC1=C(c2cccs2)NC(=NC(C)(C)C)OC1. The maximum absolute atomic E-state index is 5.58. The molecular formula is C13H18N2OS. The first-order valence-corrected chi connectivity index (χ1v) is 6.57. The van der Waals surface area contributed by atoms with Gasteiger partial charge in [0, 0.05) is 0 Å². The molecule has 0 saturated heterocycles. The third kappa shape index (κ3) is 3.09. The van der Waals surface area contributed by atoms with E-state index in [2.05, 4.69) is 55.5 Å². The lowest BCUT2D eigenvalue weighted by Crippen LogP contribution is -2.33. The monoisotopic (exact) mass is 250 g/mol. The van der Waals surface area contributed by atoms with Gasteiger partial charge in [0.2, 0.25) is 0 Å². The number of hydrogen-bond acceptors (Lipinski definition) is 3. The Hall–Kier alpha value is -1.29. The van der Waals surface area contributed by atoms with Crippen molar-refractivity contribution in [3.8, 4) is 0 Å². The Bertz CT molecular complexity index is 452. The van der Waals surface area contributed by atoms with Crippen molar-refractivity contribution in [2.24, 2.45) is 4.99 Å². The van der Waals surface area contributed by atoms with Crippen LogP contribution in [0.5, 0.6) is 0 Å². The van der Waals surface area contributed by atoms with Gasteiger partial charge in [-0.05, 0) is 44.7 Å².